The Balaban J connectivity index is 1.62. The zero-order valence-electron chi connectivity index (χ0n) is 14.4. The fraction of sp³-hybridized carbons (Fsp3) is 0.375. The summed E-state index contributed by atoms with van der Waals surface area (Å²) in [6, 6.07) is 4.26. The first-order valence-corrected chi connectivity index (χ1v) is 8.26. The van der Waals surface area contributed by atoms with E-state index in [1.807, 2.05) is 0 Å². The average molecular weight is 378 g/mol. The van der Waals surface area contributed by atoms with Crippen LogP contribution < -0.4 is 16.0 Å². The van der Waals surface area contributed by atoms with Crippen LogP contribution >= 0.6 is 0 Å². The van der Waals surface area contributed by atoms with Crippen LogP contribution in [0.25, 0.3) is 0 Å². The predicted molar refractivity (Wildman–Crippen MR) is 91.8 cm³/mol. The lowest BCUT2D eigenvalue weighted by atomic mass is 9.83. The smallest absolute Gasteiger partial charge is 0.239 e. The number of anilines is 1. The van der Waals surface area contributed by atoms with E-state index >= 15 is 0 Å². The molecular formula is C16H19FN6O4. The number of nitrogens with one attached hydrogen (secondary N) is 3. The summed E-state index contributed by atoms with van der Waals surface area (Å²) in [5.41, 5.74) is 1.84. The Bertz CT molecular complexity index is 853. The van der Waals surface area contributed by atoms with E-state index in [4.69, 9.17) is 5.11 Å². The molecule has 0 saturated carbocycles. The minimum Gasteiger partial charge on any atom is -0.409 e. The van der Waals surface area contributed by atoms with Crippen LogP contribution in [0.5, 0.6) is 0 Å². The maximum atomic E-state index is 13.4. The number of hydrogen-bond acceptors (Lipinski definition) is 8. The number of benzene rings is 1. The minimum atomic E-state index is -0.661. The first-order valence-electron chi connectivity index (χ1n) is 8.26. The zero-order chi connectivity index (χ0) is 19.4. The third-order valence-electron chi connectivity index (χ3n) is 4.04. The lowest BCUT2D eigenvalue weighted by molar-refractivity contribution is -0.119. The van der Waals surface area contributed by atoms with Gasteiger partial charge >= 0.3 is 0 Å². The number of aromatic nitrogens is 2. The fourth-order valence-electron chi connectivity index (χ4n) is 2.66. The number of aliphatic hydroxyl groups is 1. The van der Waals surface area contributed by atoms with Crippen LogP contribution in [-0.4, -0.2) is 51.6 Å². The van der Waals surface area contributed by atoms with Gasteiger partial charge in [0.1, 0.15) is 5.82 Å². The highest BCUT2D eigenvalue weighted by Crippen LogP contribution is 2.33. The summed E-state index contributed by atoms with van der Waals surface area (Å²) in [5.74, 6) is -0.649. The van der Waals surface area contributed by atoms with Crippen molar-refractivity contribution in [2.75, 3.05) is 18.4 Å². The van der Waals surface area contributed by atoms with Gasteiger partial charge in [-0.25, -0.2) is 9.02 Å². The van der Waals surface area contributed by atoms with E-state index in [9.17, 15) is 14.4 Å². The van der Waals surface area contributed by atoms with Crippen LogP contribution in [0.2, 0.25) is 0 Å². The van der Waals surface area contributed by atoms with Gasteiger partial charge in [0.2, 0.25) is 11.7 Å². The first kappa shape index (κ1) is 18.6. The molecule has 0 saturated heterocycles. The maximum absolute atomic E-state index is 13.4. The monoisotopic (exact) mass is 378 g/mol. The molecule has 144 valence electrons. The van der Waals surface area contributed by atoms with Gasteiger partial charge in [-0.3, -0.25) is 4.79 Å². The summed E-state index contributed by atoms with van der Waals surface area (Å²) < 4.78 is 18.0. The summed E-state index contributed by atoms with van der Waals surface area (Å²) in [4.78, 5) is 11.7. The average Bonchev–Trinajstić information content (AvgIpc) is 3.09. The topological polar surface area (TPSA) is 145 Å². The summed E-state index contributed by atoms with van der Waals surface area (Å²) >= 11 is 0. The Hall–Kier alpha value is -3.21. The molecular weight excluding hydrogens is 359 g/mol. The molecule has 1 aliphatic carbocycles. The van der Waals surface area contributed by atoms with Gasteiger partial charge < -0.3 is 26.3 Å². The fourth-order valence-corrected chi connectivity index (χ4v) is 2.66. The molecule has 1 aromatic carbocycles. The Morgan fingerprint density at radius 3 is 3.04 bits per heavy atom. The van der Waals surface area contributed by atoms with E-state index < -0.39 is 6.10 Å². The number of oxime groups is 1. The van der Waals surface area contributed by atoms with Crippen LogP contribution in [0.4, 0.5) is 10.2 Å². The molecule has 11 heteroatoms. The summed E-state index contributed by atoms with van der Waals surface area (Å²) in [6.07, 6.45) is -0.0320. The van der Waals surface area contributed by atoms with Crippen molar-refractivity contribution in [3.05, 3.63) is 40.8 Å². The number of nitrogens with zero attached hydrogens (tertiary/aromatic N) is 3. The van der Waals surface area contributed by atoms with Crippen LogP contribution in [0.15, 0.2) is 28.0 Å². The number of carbonyl (C=O) groups excluding carboxylic acids is 1. The second-order valence-corrected chi connectivity index (χ2v) is 6.16. The molecule has 10 nitrogen and oxygen atoms in total. The first-order chi connectivity index (χ1) is 13.0. The van der Waals surface area contributed by atoms with E-state index in [0.29, 0.717) is 6.42 Å². The SMILES string of the molecule is CC(O)CNC(=O)CNc1nonc1/C(=N/O)NC1Cc2ccc(F)cc21. The van der Waals surface area contributed by atoms with Crippen LogP contribution in [0, 0.1) is 5.82 Å². The Kier molecular flexibility index (Phi) is 5.50. The molecule has 2 atom stereocenters. The summed E-state index contributed by atoms with van der Waals surface area (Å²) in [5, 5.41) is 37.2. The van der Waals surface area contributed by atoms with E-state index in [1.165, 1.54) is 12.1 Å². The number of amidine groups is 1. The molecule has 1 aliphatic rings. The molecule has 1 amide bonds. The highest BCUT2D eigenvalue weighted by Gasteiger charge is 2.29. The van der Waals surface area contributed by atoms with Crippen molar-refractivity contribution >= 4 is 17.6 Å². The van der Waals surface area contributed by atoms with Gasteiger partial charge in [-0.05, 0) is 46.9 Å². The minimum absolute atomic E-state index is 0.0250. The Morgan fingerprint density at radius 1 is 1.48 bits per heavy atom. The molecule has 2 aromatic rings. The lowest BCUT2D eigenvalue weighted by Gasteiger charge is -2.31. The number of hydrogen-bond donors (Lipinski definition) is 5. The molecule has 0 aliphatic heterocycles. The van der Waals surface area contributed by atoms with Gasteiger partial charge in [0.25, 0.3) is 0 Å². The van der Waals surface area contributed by atoms with Gasteiger partial charge in [0.05, 0.1) is 18.7 Å². The predicted octanol–water partition coefficient (Wildman–Crippen LogP) is 0.140. The third-order valence-corrected chi connectivity index (χ3v) is 4.04. The number of fused-ring (bicyclic) bond motifs is 1. The van der Waals surface area contributed by atoms with E-state index in [1.54, 1.807) is 13.0 Å². The molecule has 27 heavy (non-hydrogen) atoms. The van der Waals surface area contributed by atoms with Gasteiger partial charge in [0, 0.05) is 6.54 Å². The summed E-state index contributed by atoms with van der Waals surface area (Å²) in [6.45, 7) is 1.52. The highest BCUT2D eigenvalue weighted by atomic mass is 19.1. The van der Waals surface area contributed by atoms with Crippen molar-refractivity contribution in [3.8, 4) is 0 Å². The van der Waals surface area contributed by atoms with E-state index in [-0.39, 0.29) is 48.2 Å². The second-order valence-electron chi connectivity index (χ2n) is 6.16. The molecule has 0 bridgehead atoms. The van der Waals surface area contributed by atoms with Gasteiger partial charge in [-0.1, -0.05) is 11.2 Å². The molecule has 1 heterocycles. The summed E-state index contributed by atoms with van der Waals surface area (Å²) in [7, 11) is 0. The molecule has 2 unspecified atom stereocenters. The molecule has 0 radical (unpaired) electrons. The number of halogens is 1. The van der Waals surface area contributed by atoms with Crippen molar-refractivity contribution in [2.45, 2.75) is 25.5 Å². The standard InChI is InChI=1S/C16H19FN6O4/c1-8(24)6-18-13(25)7-19-15-14(22-27-23-15)16(21-26)20-12-4-9-2-3-10(17)5-11(9)12/h2-3,5,8,12,24,26H,4,6-7H2,1H3,(H,18,25)(H,19,23)(H,20,21). The van der Waals surface area contributed by atoms with Crippen molar-refractivity contribution in [1.29, 1.82) is 0 Å². The van der Waals surface area contributed by atoms with Crippen LogP contribution in [-0.2, 0) is 11.2 Å². The lowest BCUT2D eigenvalue weighted by Crippen LogP contribution is -2.37. The van der Waals surface area contributed by atoms with Crippen LogP contribution in [0.1, 0.15) is 29.8 Å². The molecule has 3 rings (SSSR count). The molecule has 5 N–H and O–H groups in total. The third kappa shape index (κ3) is 4.31. The largest absolute Gasteiger partial charge is 0.409 e. The van der Waals surface area contributed by atoms with Gasteiger partial charge in [0.15, 0.2) is 11.5 Å². The molecule has 1 aromatic heterocycles. The molecule has 0 fully saturated rings. The number of carbonyl (C=O) groups is 1. The maximum Gasteiger partial charge on any atom is 0.239 e. The number of rotatable bonds is 7. The number of amides is 1. The molecule has 0 spiro atoms. The Morgan fingerprint density at radius 2 is 2.30 bits per heavy atom. The van der Waals surface area contributed by atoms with Crippen molar-refractivity contribution in [1.82, 2.24) is 20.9 Å². The normalized spacial score (nSPS) is 16.9. The Labute approximate surface area is 153 Å². The van der Waals surface area contributed by atoms with Gasteiger partial charge in [-0.15, -0.1) is 0 Å². The van der Waals surface area contributed by atoms with E-state index in [0.717, 1.165) is 11.1 Å². The number of aliphatic hydroxyl groups excluding tert-OH is 1. The van der Waals surface area contributed by atoms with Crippen molar-refractivity contribution < 1.29 is 24.1 Å². The van der Waals surface area contributed by atoms with Crippen molar-refractivity contribution in [3.63, 3.8) is 0 Å². The van der Waals surface area contributed by atoms with Crippen molar-refractivity contribution in [2.24, 2.45) is 5.16 Å². The quantitative estimate of drug-likeness (QED) is 0.198. The van der Waals surface area contributed by atoms with E-state index in [2.05, 4.69) is 36.0 Å². The zero-order valence-corrected chi connectivity index (χ0v) is 14.4. The van der Waals surface area contributed by atoms with Crippen LogP contribution in [0.3, 0.4) is 0 Å². The second kappa shape index (κ2) is 7.99. The highest BCUT2D eigenvalue weighted by molar-refractivity contribution is 6.01. The van der Waals surface area contributed by atoms with Gasteiger partial charge in [-0.2, -0.15) is 0 Å².